The molecule has 0 radical (unpaired) electrons. The summed E-state index contributed by atoms with van der Waals surface area (Å²) < 4.78 is 5.27. The molecule has 1 aromatic rings. The number of amides is 1. The van der Waals surface area contributed by atoms with E-state index in [1.165, 1.54) is 19.3 Å². The Hall–Kier alpha value is -1.98. The summed E-state index contributed by atoms with van der Waals surface area (Å²) >= 11 is 0. The molecule has 23 heavy (non-hydrogen) atoms. The summed E-state index contributed by atoms with van der Waals surface area (Å²) in [4.78, 5) is 16.5. The fourth-order valence-corrected chi connectivity index (χ4v) is 2.78. The van der Waals surface area contributed by atoms with Gasteiger partial charge in [0.2, 0.25) is 5.91 Å². The highest BCUT2D eigenvalue weighted by Gasteiger charge is 2.20. The van der Waals surface area contributed by atoms with E-state index in [1.54, 1.807) is 6.26 Å². The Morgan fingerprint density at radius 1 is 1.22 bits per heavy atom. The van der Waals surface area contributed by atoms with Crippen molar-refractivity contribution in [3.8, 4) is 0 Å². The Kier molecular flexibility index (Phi) is 7.49. The molecule has 0 saturated heterocycles. The molecule has 1 aromatic heterocycles. The number of carbonyl (C=O) groups is 1. The van der Waals surface area contributed by atoms with E-state index < -0.39 is 0 Å². The van der Waals surface area contributed by atoms with E-state index in [0.717, 1.165) is 31.1 Å². The normalized spacial score (nSPS) is 16.1. The van der Waals surface area contributed by atoms with Gasteiger partial charge in [0.25, 0.3) is 0 Å². The van der Waals surface area contributed by atoms with Gasteiger partial charge in [0.1, 0.15) is 12.3 Å². The highest BCUT2D eigenvalue weighted by Crippen LogP contribution is 2.23. The second-order valence-corrected chi connectivity index (χ2v) is 5.83. The van der Waals surface area contributed by atoms with Crippen molar-refractivity contribution in [1.29, 1.82) is 0 Å². The van der Waals surface area contributed by atoms with E-state index in [-0.39, 0.29) is 11.8 Å². The van der Waals surface area contributed by atoms with Crippen LogP contribution in [0.1, 0.15) is 44.8 Å². The lowest BCUT2D eigenvalue weighted by Crippen LogP contribution is -2.42. The van der Waals surface area contributed by atoms with Gasteiger partial charge in [0.05, 0.1) is 6.26 Å². The molecule has 0 bridgehead atoms. The second-order valence-electron chi connectivity index (χ2n) is 5.83. The molecule has 2 rings (SSSR count). The summed E-state index contributed by atoms with van der Waals surface area (Å²) in [6, 6.07) is 3.75. The van der Waals surface area contributed by atoms with Crippen molar-refractivity contribution in [1.82, 2.24) is 16.0 Å². The Labute approximate surface area is 138 Å². The molecular weight excluding hydrogens is 292 g/mol. The third kappa shape index (κ3) is 6.34. The van der Waals surface area contributed by atoms with Crippen molar-refractivity contribution < 1.29 is 9.21 Å². The summed E-state index contributed by atoms with van der Waals surface area (Å²) in [7, 11) is 0. The molecule has 1 amide bonds. The van der Waals surface area contributed by atoms with Gasteiger partial charge in [0.15, 0.2) is 5.96 Å². The highest BCUT2D eigenvalue weighted by molar-refractivity contribution is 5.80. The van der Waals surface area contributed by atoms with E-state index in [1.807, 2.05) is 19.1 Å². The number of nitrogens with zero attached hydrogens (tertiary/aromatic N) is 1. The molecule has 0 aliphatic heterocycles. The fraction of sp³-hybridized carbons (Fsp3) is 0.647. The number of furan rings is 1. The van der Waals surface area contributed by atoms with Crippen LogP contribution in [0.2, 0.25) is 0 Å². The monoisotopic (exact) mass is 320 g/mol. The first-order valence-electron chi connectivity index (χ1n) is 8.62. The maximum Gasteiger partial charge on any atom is 0.223 e. The second kappa shape index (κ2) is 9.92. The summed E-state index contributed by atoms with van der Waals surface area (Å²) in [5.41, 5.74) is 0. The predicted molar refractivity (Wildman–Crippen MR) is 91.1 cm³/mol. The summed E-state index contributed by atoms with van der Waals surface area (Å²) in [5, 5.41) is 9.42. The molecule has 6 heteroatoms. The molecular formula is C17H28N4O2. The maximum absolute atomic E-state index is 12.1. The predicted octanol–water partition coefficient (Wildman–Crippen LogP) is 2.03. The topological polar surface area (TPSA) is 78.7 Å². The minimum Gasteiger partial charge on any atom is -0.467 e. The first-order chi connectivity index (χ1) is 11.3. The number of carbonyl (C=O) groups excluding carboxylic acids is 1. The number of rotatable bonds is 7. The Bertz CT molecular complexity index is 479. The molecule has 1 aliphatic carbocycles. The number of nitrogens with one attached hydrogen (secondary N) is 3. The van der Waals surface area contributed by atoms with E-state index in [9.17, 15) is 4.79 Å². The molecule has 0 spiro atoms. The minimum absolute atomic E-state index is 0.198. The van der Waals surface area contributed by atoms with Crippen LogP contribution >= 0.6 is 0 Å². The van der Waals surface area contributed by atoms with Crippen molar-refractivity contribution in [3.05, 3.63) is 24.2 Å². The third-order valence-corrected chi connectivity index (χ3v) is 4.01. The zero-order chi connectivity index (χ0) is 16.3. The van der Waals surface area contributed by atoms with Crippen LogP contribution in [0.4, 0.5) is 0 Å². The van der Waals surface area contributed by atoms with Gasteiger partial charge in [0, 0.05) is 25.6 Å². The number of hydrogen-bond acceptors (Lipinski definition) is 3. The minimum atomic E-state index is 0.198. The van der Waals surface area contributed by atoms with Gasteiger partial charge in [-0.25, -0.2) is 4.99 Å². The Morgan fingerprint density at radius 2 is 2.00 bits per heavy atom. The standard InChI is InChI=1S/C17H28N4O2/c1-2-18-17(21-13-15-9-6-12-23-15)20-11-10-19-16(22)14-7-4-3-5-8-14/h6,9,12,14H,2-5,7-8,10-11,13H2,1H3,(H,19,22)(H2,18,20,21). The van der Waals surface area contributed by atoms with Crippen LogP contribution in [0.3, 0.4) is 0 Å². The third-order valence-electron chi connectivity index (χ3n) is 4.01. The quantitative estimate of drug-likeness (QED) is 0.408. The van der Waals surface area contributed by atoms with Gasteiger partial charge in [-0.1, -0.05) is 19.3 Å². The molecule has 1 aliphatic rings. The van der Waals surface area contributed by atoms with Crippen molar-refractivity contribution in [2.24, 2.45) is 10.9 Å². The molecule has 3 N–H and O–H groups in total. The average Bonchev–Trinajstić information content (AvgIpc) is 3.10. The van der Waals surface area contributed by atoms with Gasteiger partial charge >= 0.3 is 0 Å². The number of hydrogen-bond donors (Lipinski definition) is 3. The SMILES string of the molecule is CCNC(=NCc1ccco1)NCCNC(=O)C1CCCCC1. The van der Waals surface area contributed by atoms with Crippen molar-refractivity contribution >= 4 is 11.9 Å². The van der Waals surface area contributed by atoms with E-state index in [4.69, 9.17) is 4.42 Å². The van der Waals surface area contributed by atoms with Gasteiger partial charge in [-0.2, -0.15) is 0 Å². The van der Waals surface area contributed by atoms with Crippen molar-refractivity contribution in [2.75, 3.05) is 19.6 Å². The largest absolute Gasteiger partial charge is 0.467 e. The number of guanidine groups is 1. The van der Waals surface area contributed by atoms with Crippen LogP contribution in [0.5, 0.6) is 0 Å². The summed E-state index contributed by atoms with van der Waals surface area (Å²) in [6.45, 7) is 4.58. The van der Waals surface area contributed by atoms with Gasteiger partial charge in [-0.05, 0) is 31.9 Å². The Balaban J connectivity index is 1.67. The zero-order valence-corrected chi connectivity index (χ0v) is 13.9. The fourth-order valence-electron chi connectivity index (χ4n) is 2.78. The molecule has 6 nitrogen and oxygen atoms in total. The first-order valence-corrected chi connectivity index (χ1v) is 8.62. The molecule has 0 unspecified atom stereocenters. The Morgan fingerprint density at radius 3 is 2.70 bits per heavy atom. The lowest BCUT2D eigenvalue weighted by atomic mass is 9.89. The zero-order valence-electron chi connectivity index (χ0n) is 13.9. The average molecular weight is 320 g/mol. The van der Waals surface area contributed by atoms with Crippen LogP contribution < -0.4 is 16.0 Å². The van der Waals surface area contributed by atoms with Crippen LogP contribution in [0, 0.1) is 5.92 Å². The van der Waals surface area contributed by atoms with Gasteiger partial charge < -0.3 is 20.4 Å². The van der Waals surface area contributed by atoms with Gasteiger partial charge in [-0.15, -0.1) is 0 Å². The molecule has 1 saturated carbocycles. The maximum atomic E-state index is 12.1. The first kappa shape index (κ1) is 17.4. The van der Waals surface area contributed by atoms with Crippen LogP contribution in [0.15, 0.2) is 27.8 Å². The molecule has 1 heterocycles. The van der Waals surface area contributed by atoms with Crippen molar-refractivity contribution in [3.63, 3.8) is 0 Å². The van der Waals surface area contributed by atoms with E-state index in [2.05, 4.69) is 20.9 Å². The molecule has 0 atom stereocenters. The summed E-state index contributed by atoms with van der Waals surface area (Å²) in [6.07, 6.45) is 7.34. The lowest BCUT2D eigenvalue weighted by molar-refractivity contribution is -0.125. The molecule has 128 valence electrons. The van der Waals surface area contributed by atoms with E-state index in [0.29, 0.717) is 19.6 Å². The van der Waals surface area contributed by atoms with Crippen molar-refractivity contribution in [2.45, 2.75) is 45.6 Å². The molecule has 0 aromatic carbocycles. The van der Waals surface area contributed by atoms with E-state index >= 15 is 0 Å². The van der Waals surface area contributed by atoms with Crippen LogP contribution in [-0.2, 0) is 11.3 Å². The van der Waals surface area contributed by atoms with Gasteiger partial charge in [-0.3, -0.25) is 4.79 Å². The van der Waals surface area contributed by atoms with Crippen LogP contribution in [-0.4, -0.2) is 31.5 Å². The summed E-state index contributed by atoms with van der Waals surface area (Å²) in [5.74, 6) is 1.97. The molecule has 1 fully saturated rings. The smallest absolute Gasteiger partial charge is 0.223 e. The highest BCUT2D eigenvalue weighted by atomic mass is 16.3. The van der Waals surface area contributed by atoms with Crippen LogP contribution in [0.25, 0.3) is 0 Å². The number of aliphatic imine (C=N–C) groups is 1. The lowest BCUT2D eigenvalue weighted by Gasteiger charge is -2.20.